The van der Waals surface area contributed by atoms with Gasteiger partial charge in [-0.1, -0.05) is 54.6 Å². The van der Waals surface area contributed by atoms with E-state index in [4.69, 9.17) is 4.74 Å². The molecule has 6 heteroatoms. The monoisotopic (exact) mass is 373 g/mol. The van der Waals surface area contributed by atoms with Crippen LogP contribution in [0.5, 0.6) is 11.6 Å². The molecule has 140 valence electrons. The van der Waals surface area contributed by atoms with Gasteiger partial charge in [0.25, 0.3) is 0 Å². The smallest absolute Gasteiger partial charge is 0.302 e. The van der Waals surface area contributed by atoms with Crippen LogP contribution in [-0.4, -0.2) is 22.2 Å². The molecule has 0 saturated carbocycles. The number of azo groups is 1. The summed E-state index contributed by atoms with van der Waals surface area (Å²) in [4.78, 5) is 12.2. The molecule has 0 radical (unpaired) electrons. The number of fused-ring (bicyclic) bond motifs is 2. The van der Waals surface area contributed by atoms with Crippen molar-refractivity contribution < 1.29 is 14.6 Å². The molecule has 0 spiro atoms. The van der Waals surface area contributed by atoms with Gasteiger partial charge in [0.1, 0.15) is 5.75 Å². The number of nitrogens with zero attached hydrogens (tertiary/aromatic N) is 3. The highest BCUT2D eigenvalue weighted by Gasteiger charge is 2.15. The molecular formula is C22H19N3O3. The summed E-state index contributed by atoms with van der Waals surface area (Å²) < 4.78 is 7.37. The molecule has 0 saturated heterocycles. The molecule has 0 unspecified atom stereocenters. The Balaban J connectivity index is 1.54. The van der Waals surface area contributed by atoms with Crippen molar-refractivity contribution in [3.05, 3.63) is 66.7 Å². The van der Waals surface area contributed by atoms with Gasteiger partial charge >= 0.3 is 5.91 Å². The van der Waals surface area contributed by atoms with Gasteiger partial charge in [-0.3, -0.25) is 4.79 Å². The zero-order valence-corrected chi connectivity index (χ0v) is 15.4. The quantitative estimate of drug-likeness (QED) is 0.488. The molecule has 1 heterocycles. The average Bonchev–Trinajstić information content (AvgIpc) is 3.01. The van der Waals surface area contributed by atoms with Crippen LogP contribution < -0.4 is 4.74 Å². The molecule has 0 aliphatic rings. The fourth-order valence-electron chi connectivity index (χ4n) is 3.29. The lowest BCUT2D eigenvalue weighted by Crippen LogP contribution is -2.08. The topological polar surface area (TPSA) is 76.2 Å². The second-order valence-electron chi connectivity index (χ2n) is 6.29. The van der Waals surface area contributed by atoms with E-state index >= 15 is 0 Å². The maximum atomic E-state index is 12.2. The largest absolute Gasteiger partial charge is 0.493 e. The third-order valence-corrected chi connectivity index (χ3v) is 4.60. The van der Waals surface area contributed by atoms with E-state index < -0.39 is 5.91 Å². The average molecular weight is 373 g/mol. The van der Waals surface area contributed by atoms with E-state index in [0.29, 0.717) is 12.3 Å². The Hall–Kier alpha value is -3.67. The fourth-order valence-corrected chi connectivity index (χ4v) is 3.29. The lowest BCUT2D eigenvalue weighted by molar-refractivity contribution is -0.120. The minimum atomic E-state index is -0.527. The van der Waals surface area contributed by atoms with Crippen molar-refractivity contribution in [1.29, 1.82) is 0 Å². The van der Waals surface area contributed by atoms with Crippen LogP contribution in [0.3, 0.4) is 0 Å². The van der Waals surface area contributed by atoms with Crippen LogP contribution in [0, 0.1) is 0 Å². The Labute approximate surface area is 161 Å². The molecule has 0 aliphatic heterocycles. The number of para-hydroxylation sites is 1. The zero-order chi connectivity index (χ0) is 19.5. The number of hydrogen-bond donors (Lipinski definition) is 1. The van der Waals surface area contributed by atoms with Gasteiger partial charge in [0.2, 0.25) is 5.88 Å². The first-order chi connectivity index (χ1) is 13.7. The molecule has 4 aromatic rings. The Morgan fingerprint density at radius 2 is 1.71 bits per heavy atom. The SMILES string of the molecule is CCn1c(O)c(N=NC(=O)COc2cccc3ccccc23)c2ccccc21. The van der Waals surface area contributed by atoms with Crippen LogP contribution >= 0.6 is 0 Å². The highest BCUT2D eigenvalue weighted by Crippen LogP contribution is 2.38. The third kappa shape index (κ3) is 3.20. The number of ether oxygens (including phenoxy) is 1. The van der Waals surface area contributed by atoms with Crippen molar-refractivity contribution in [3.63, 3.8) is 0 Å². The summed E-state index contributed by atoms with van der Waals surface area (Å²) in [6, 6.07) is 20.9. The molecule has 0 fully saturated rings. The normalized spacial score (nSPS) is 11.5. The number of aromatic nitrogens is 1. The van der Waals surface area contributed by atoms with E-state index in [9.17, 15) is 9.90 Å². The van der Waals surface area contributed by atoms with Crippen LogP contribution in [0.2, 0.25) is 0 Å². The van der Waals surface area contributed by atoms with Crippen molar-refractivity contribution in [2.45, 2.75) is 13.5 Å². The van der Waals surface area contributed by atoms with Crippen LogP contribution in [0.4, 0.5) is 5.69 Å². The molecule has 4 rings (SSSR count). The highest BCUT2D eigenvalue weighted by atomic mass is 16.5. The summed E-state index contributed by atoms with van der Waals surface area (Å²) in [7, 11) is 0. The Kier molecular flexibility index (Phi) is 4.76. The van der Waals surface area contributed by atoms with E-state index in [-0.39, 0.29) is 18.2 Å². The minimum absolute atomic E-state index is 0.00442. The standard InChI is InChI=1S/C22H19N3O3/c1-2-25-18-12-6-5-11-17(18)21(22(25)27)24-23-20(26)14-28-19-13-7-9-15-8-3-4-10-16(15)19/h3-13,27H,2,14H2,1H3. The number of rotatable bonds is 5. The van der Waals surface area contributed by atoms with Gasteiger partial charge in [-0.2, -0.15) is 0 Å². The van der Waals surface area contributed by atoms with Gasteiger partial charge in [-0.05, 0) is 24.4 Å². The predicted octanol–water partition coefficient (Wildman–Crippen LogP) is 5.21. The van der Waals surface area contributed by atoms with Crippen LogP contribution in [0.25, 0.3) is 21.7 Å². The molecule has 0 atom stereocenters. The number of benzene rings is 3. The Morgan fingerprint density at radius 1 is 1.00 bits per heavy atom. The molecule has 28 heavy (non-hydrogen) atoms. The molecule has 6 nitrogen and oxygen atoms in total. The molecular weight excluding hydrogens is 354 g/mol. The first-order valence-corrected chi connectivity index (χ1v) is 9.04. The van der Waals surface area contributed by atoms with Gasteiger partial charge < -0.3 is 14.4 Å². The van der Waals surface area contributed by atoms with Crippen LogP contribution in [0.1, 0.15) is 6.92 Å². The summed E-state index contributed by atoms with van der Waals surface area (Å²) in [5.41, 5.74) is 1.13. The van der Waals surface area contributed by atoms with Crippen molar-refractivity contribution in [2.24, 2.45) is 10.2 Å². The molecule has 1 aromatic heterocycles. The Bertz CT molecular complexity index is 1190. The van der Waals surface area contributed by atoms with Gasteiger partial charge in [-0.25, -0.2) is 0 Å². The number of aryl methyl sites for hydroxylation is 1. The Morgan fingerprint density at radius 3 is 2.54 bits per heavy atom. The molecule has 0 bridgehead atoms. The van der Waals surface area contributed by atoms with Crippen LogP contribution in [0.15, 0.2) is 77.0 Å². The van der Waals surface area contributed by atoms with Gasteiger partial charge in [0.05, 0.1) is 5.52 Å². The van der Waals surface area contributed by atoms with Crippen molar-refractivity contribution in [2.75, 3.05) is 6.61 Å². The molecule has 1 N–H and O–H groups in total. The zero-order valence-electron chi connectivity index (χ0n) is 15.4. The number of aromatic hydroxyl groups is 1. The number of amides is 1. The van der Waals surface area contributed by atoms with Gasteiger partial charge in [-0.15, -0.1) is 10.2 Å². The van der Waals surface area contributed by atoms with Crippen molar-refractivity contribution >= 4 is 33.3 Å². The summed E-state index contributed by atoms with van der Waals surface area (Å²) in [6.45, 7) is 2.28. The van der Waals surface area contributed by atoms with E-state index in [1.807, 2.05) is 73.7 Å². The summed E-state index contributed by atoms with van der Waals surface area (Å²) >= 11 is 0. The first-order valence-electron chi connectivity index (χ1n) is 9.04. The summed E-state index contributed by atoms with van der Waals surface area (Å²) in [6.07, 6.45) is 0. The number of carbonyl (C=O) groups is 1. The van der Waals surface area contributed by atoms with Crippen molar-refractivity contribution in [1.82, 2.24) is 4.57 Å². The molecule has 3 aromatic carbocycles. The second-order valence-corrected chi connectivity index (χ2v) is 6.29. The maximum absolute atomic E-state index is 12.2. The van der Waals surface area contributed by atoms with E-state index in [2.05, 4.69) is 10.2 Å². The lowest BCUT2D eigenvalue weighted by Gasteiger charge is -2.07. The summed E-state index contributed by atoms with van der Waals surface area (Å²) in [5.74, 6) is 0.0861. The third-order valence-electron chi connectivity index (χ3n) is 4.60. The fraction of sp³-hybridized carbons (Fsp3) is 0.136. The second kappa shape index (κ2) is 7.52. The van der Waals surface area contributed by atoms with Gasteiger partial charge in [0, 0.05) is 17.3 Å². The van der Waals surface area contributed by atoms with E-state index in [1.165, 1.54) is 0 Å². The maximum Gasteiger partial charge on any atom is 0.302 e. The van der Waals surface area contributed by atoms with Crippen molar-refractivity contribution in [3.8, 4) is 11.6 Å². The first kappa shape index (κ1) is 17.7. The summed E-state index contributed by atoms with van der Waals surface area (Å²) in [5, 5.41) is 20.9. The van der Waals surface area contributed by atoms with E-state index in [1.54, 1.807) is 4.57 Å². The highest BCUT2D eigenvalue weighted by molar-refractivity contribution is 5.95. The lowest BCUT2D eigenvalue weighted by atomic mass is 10.1. The molecule has 0 aliphatic carbocycles. The van der Waals surface area contributed by atoms with E-state index in [0.717, 1.165) is 21.7 Å². The van der Waals surface area contributed by atoms with Gasteiger partial charge in [0.15, 0.2) is 12.3 Å². The predicted molar refractivity (Wildman–Crippen MR) is 108 cm³/mol. The van der Waals surface area contributed by atoms with Crippen LogP contribution in [-0.2, 0) is 11.3 Å². The molecule has 1 amide bonds. The minimum Gasteiger partial charge on any atom is -0.493 e. The number of hydrogen-bond acceptors (Lipinski definition) is 4. The number of carbonyl (C=O) groups excluding carboxylic acids is 1.